The molecule has 6 heteroatoms. The molecule has 1 amide bonds. The average Bonchev–Trinajstić information content (AvgIpc) is 2.60. The molecule has 2 heterocycles. The zero-order valence-electron chi connectivity index (χ0n) is 8.70. The molecule has 0 spiro atoms. The number of aryl methyl sites for hydroxylation is 1. The van der Waals surface area contributed by atoms with Gasteiger partial charge >= 0.3 is 0 Å². The van der Waals surface area contributed by atoms with Gasteiger partial charge in [-0.3, -0.25) is 10.2 Å². The second-order valence-electron chi connectivity index (χ2n) is 3.55. The van der Waals surface area contributed by atoms with Crippen LogP contribution in [-0.2, 0) is 11.2 Å². The molecule has 84 valence electrons. The Balaban J connectivity index is 2.44. The summed E-state index contributed by atoms with van der Waals surface area (Å²) in [5.41, 5.74) is 4.49. The van der Waals surface area contributed by atoms with E-state index in [2.05, 4.69) is 10.4 Å². The number of fused-ring (bicyclic) bond motifs is 1. The summed E-state index contributed by atoms with van der Waals surface area (Å²) >= 11 is 5.92. The molecular formula is C10H11ClN4O. The Morgan fingerprint density at radius 3 is 3.06 bits per heavy atom. The Bertz CT molecular complexity index is 549. The number of hydrogen-bond acceptors (Lipinski definition) is 3. The zero-order chi connectivity index (χ0) is 11.7. The fourth-order valence-corrected chi connectivity index (χ4v) is 1.85. The SMILES string of the molecule is Cc1cc(Cl)cn2cc(CC(=O)NN)nc12. The van der Waals surface area contributed by atoms with E-state index in [1.54, 1.807) is 16.8 Å². The van der Waals surface area contributed by atoms with E-state index < -0.39 is 0 Å². The number of carbonyl (C=O) groups is 1. The van der Waals surface area contributed by atoms with Crippen molar-refractivity contribution in [3.63, 3.8) is 0 Å². The first-order chi connectivity index (χ1) is 7.60. The van der Waals surface area contributed by atoms with Gasteiger partial charge in [-0.05, 0) is 18.6 Å². The fourth-order valence-electron chi connectivity index (χ4n) is 1.58. The first-order valence-corrected chi connectivity index (χ1v) is 5.11. The third kappa shape index (κ3) is 2.00. The highest BCUT2D eigenvalue weighted by molar-refractivity contribution is 6.30. The van der Waals surface area contributed by atoms with Gasteiger partial charge < -0.3 is 4.40 Å². The Hall–Kier alpha value is -1.59. The van der Waals surface area contributed by atoms with Crippen LogP contribution >= 0.6 is 11.6 Å². The molecule has 0 unspecified atom stereocenters. The predicted octanol–water partition coefficient (Wildman–Crippen LogP) is 0.829. The number of halogens is 1. The number of imidazole rings is 1. The normalized spacial score (nSPS) is 10.7. The Morgan fingerprint density at radius 1 is 1.62 bits per heavy atom. The number of nitrogens with one attached hydrogen (secondary N) is 1. The number of carbonyl (C=O) groups excluding carboxylic acids is 1. The van der Waals surface area contributed by atoms with E-state index in [1.165, 1.54) is 0 Å². The predicted molar refractivity (Wildman–Crippen MR) is 61.0 cm³/mol. The molecule has 0 aromatic carbocycles. The third-order valence-electron chi connectivity index (χ3n) is 2.25. The van der Waals surface area contributed by atoms with Gasteiger partial charge in [-0.2, -0.15) is 0 Å². The van der Waals surface area contributed by atoms with Crippen molar-refractivity contribution in [1.82, 2.24) is 14.8 Å². The van der Waals surface area contributed by atoms with Gasteiger partial charge in [-0.15, -0.1) is 0 Å². The lowest BCUT2D eigenvalue weighted by molar-refractivity contribution is -0.120. The van der Waals surface area contributed by atoms with E-state index in [9.17, 15) is 4.79 Å². The maximum atomic E-state index is 11.1. The number of rotatable bonds is 2. The van der Waals surface area contributed by atoms with Gasteiger partial charge in [0, 0.05) is 12.4 Å². The Labute approximate surface area is 97.2 Å². The van der Waals surface area contributed by atoms with Gasteiger partial charge in [0.15, 0.2) is 0 Å². The van der Waals surface area contributed by atoms with Crippen molar-refractivity contribution in [2.45, 2.75) is 13.3 Å². The van der Waals surface area contributed by atoms with E-state index >= 15 is 0 Å². The molecule has 0 aliphatic carbocycles. The van der Waals surface area contributed by atoms with Crippen LogP contribution in [-0.4, -0.2) is 15.3 Å². The average molecular weight is 239 g/mol. The van der Waals surface area contributed by atoms with Crippen LogP contribution < -0.4 is 11.3 Å². The topological polar surface area (TPSA) is 72.4 Å². The first-order valence-electron chi connectivity index (χ1n) is 4.73. The van der Waals surface area contributed by atoms with E-state index in [-0.39, 0.29) is 12.3 Å². The van der Waals surface area contributed by atoms with Crippen molar-refractivity contribution in [2.75, 3.05) is 0 Å². The molecule has 2 aromatic heterocycles. The summed E-state index contributed by atoms with van der Waals surface area (Å²) in [5, 5.41) is 0.636. The molecule has 0 radical (unpaired) electrons. The van der Waals surface area contributed by atoms with Gasteiger partial charge in [0.25, 0.3) is 0 Å². The molecule has 0 aliphatic rings. The van der Waals surface area contributed by atoms with Crippen molar-refractivity contribution < 1.29 is 4.79 Å². The Kier molecular flexibility index (Phi) is 2.80. The summed E-state index contributed by atoms with van der Waals surface area (Å²) in [7, 11) is 0. The molecule has 5 nitrogen and oxygen atoms in total. The van der Waals surface area contributed by atoms with Gasteiger partial charge in [-0.1, -0.05) is 11.6 Å². The summed E-state index contributed by atoms with van der Waals surface area (Å²) < 4.78 is 1.80. The molecular weight excluding hydrogens is 228 g/mol. The highest BCUT2D eigenvalue weighted by atomic mass is 35.5. The van der Waals surface area contributed by atoms with Gasteiger partial charge in [0.2, 0.25) is 5.91 Å². The van der Waals surface area contributed by atoms with Crippen molar-refractivity contribution in [1.29, 1.82) is 0 Å². The van der Waals surface area contributed by atoms with Crippen molar-refractivity contribution in [3.05, 3.63) is 34.7 Å². The Morgan fingerprint density at radius 2 is 2.38 bits per heavy atom. The lowest BCUT2D eigenvalue weighted by Gasteiger charge is -1.97. The van der Waals surface area contributed by atoms with E-state index in [0.717, 1.165) is 11.2 Å². The molecule has 2 aromatic rings. The quantitative estimate of drug-likeness (QED) is 0.462. The summed E-state index contributed by atoms with van der Waals surface area (Å²) in [6.45, 7) is 1.92. The number of hydrogen-bond donors (Lipinski definition) is 2. The summed E-state index contributed by atoms with van der Waals surface area (Å²) in [4.78, 5) is 15.4. The van der Waals surface area contributed by atoms with Crippen LogP contribution in [0.1, 0.15) is 11.3 Å². The highest BCUT2D eigenvalue weighted by Crippen LogP contribution is 2.16. The van der Waals surface area contributed by atoms with Crippen molar-refractivity contribution >= 4 is 23.2 Å². The molecule has 3 N–H and O–H groups in total. The largest absolute Gasteiger partial charge is 0.305 e. The summed E-state index contributed by atoms with van der Waals surface area (Å²) in [6, 6.07) is 1.83. The molecule has 16 heavy (non-hydrogen) atoms. The molecule has 0 atom stereocenters. The van der Waals surface area contributed by atoms with E-state index in [0.29, 0.717) is 10.7 Å². The fraction of sp³-hybridized carbons (Fsp3) is 0.200. The summed E-state index contributed by atoms with van der Waals surface area (Å²) in [6.07, 6.45) is 3.68. The second-order valence-corrected chi connectivity index (χ2v) is 3.99. The van der Waals surface area contributed by atoms with Crippen LogP contribution in [0, 0.1) is 6.92 Å². The third-order valence-corrected chi connectivity index (χ3v) is 2.46. The zero-order valence-corrected chi connectivity index (χ0v) is 9.45. The molecule has 0 saturated carbocycles. The minimum atomic E-state index is -0.271. The van der Waals surface area contributed by atoms with Gasteiger partial charge in [0.1, 0.15) is 5.65 Å². The van der Waals surface area contributed by atoms with Crippen LogP contribution in [0.15, 0.2) is 18.5 Å². The monoisotopic (exact) mass is 238 g/mol. The van der Waals surface area contributed by atoms with Gasteiger partial charge in [-0.25, -0.2) is 10.8 Å². The number of amides is 1. The maximum absolute atomic E-state index is 11.1. The summed E-state index contributed by atoms with van der Waals surface area (Å²) in [5.74, 6) is 4.74. The van der Waals surface area contributed by atoms with Crippen LogP contribution in [0.25, 0.3) is 5.65 Å². The smallest absolute Gasteiger partial charge is 0.239 e. The first kappa shape index (κ1) is 10.9. The standard InChI is InChI=1S/C10H11ClN4O/c1-6-2-7(11)4-15-5-8(13-10(6)15)3-9(16)14-12/h2,4-5H,3,12H2,1H3,(H,14,16). The van der Waals surface area contributed by atoms with Gasteiger partial charge in [0.05, 0.1) is 17.1 Å². The number of pyridine rings is 1. The minimum absolute atomic E-state index is 0.162. The molecule has 0 aliphatic heterocycles. The number of aromatic nitrogens is 2. The van der Waals surface area contributed by atoms with Crippen LogP contribution in [0.2, 0.25) is 5.02 Å². The lowest BCUT2D eigenvalue weighted by Crippen LogP contribution is -2.31. The van der Waals surface area contributed by atoms with E-state index in [4.69, 9.17) is 17.4 Å². The highest BCUT2D eigenvalue weighted by Gasteiger charge is 2.08. The maximum Gasteiger partial charge on any atom is 0.239 e. The van der Waals surface area contributed by atoms with E-state index in [1.807, 2.05) is 13.0 Å². The number of hydrazine groups is 1. The van der Waals surface area contributed by atoms with Crippen LogP contribution in [0.3, 0.4) is 0 Å². The van der Waals surface area contributed by atoms with Crippen molar-refractivity contribution in [3.8, 4) is 0 Å². The number of nitrogens with two attached hydrogens (primary N) is 1. The lowest BCUT2D eigenvalue weighted by atomic mass is 10.3. The molecule has 0 fully saturated rings. The second kappa shape index (κ2) is 4.11. The molecule has 0 bridgehead atoms. The molecule has 2 rings (SSSR count). The van der Waals surface area contributed by atoms with Crippen LogP contribution in [0.4, 0.5) is 0 Å². The minimum Gasteiger partial charge on any atom is -0.305 e. The van der Waals surface area contributed by atoms with Crippen molar-refractivity contribution in [2.24, 2.45) is 5.84 Å². The number of nitrogens with zero attached hydrogens (tertiary/aromatic N) is 2. The molecule has 0 saturated heterocycles. The van der Waals surface area contributed by atoms with Crippen LogP contribution in [0.5, 0.6) is 0 Å².